The quantitative estimate of drug-likeness (QED) is 0.360. The summed E-state index contributed by atoms with van der Waals surface area (Å²) in [6, 6.07) is 15.6. The molecule has 0 aromatic heterocycles. The molecule has 0 saturated carbocycles. The second-order valence-corrected chi connectivity index (χ2v) is 8.16. The van der Waals surface area contributed by atoms with Crippen LogP contribution in [0.4, 0.5) is 0 Å². The Morgan fingerprint density at radius 2 is 1.56 bits per heavy atom. The number of carbonyl (C=O) groups is 2. The van der Waals surface area contributed by atoms with Gasteiger partial charge in [-0.2, -0.15) is 8.42 Å². The summed E-state index contributed by atoms with van der Waals surface area (Å²) in [6.45, 7) is 1.25. The molecule has 0 bridgehead atoms. The molecule has 2 aliphatic rings. The Kier molecular flexibility index (Phi) is 4.26. The van der Waals surface area contributed by atoms with Crippen LogP contribution in [0.1, 0.15) is 34.0 Å². The van der Waals surface area contributed by atoms with Gasteiger partial charge in [0, 0.05) is 35.7 Å². The van der Waals surface area contributed by atoms with Gasteiger partial charge in [-0.3, -0.25) is 9.35 Å². The van der Waals surface area contributed by atoms with Crippen LogP contribution in [-0.2, 0) is 25.5 Å². The van der Waals surface area contributed by atoms with Gasteiger partial charge in [0.25, 0.3) is 0 Å². The molecule has 9 nitrogen and oxygen atoms in total. The second-order valence-electron chi connectivity index (χ2n) is 7.14. The number of carbonyl (C=O) groups excluding carboxylic acids is 2. The minimum absolute atomic E-state index is 0.128. The lowest BCUT2D eigenvalue weighted by Crippen LogP contribution is -2.33. The molecule has 1 atom stereocenters. The molecule has 2 heterocycles. The number of benzene rings is 3. The molecule has 1 unspecified atom stereocenters. The van der Waals surface area contributed by atoms with E-state index >= 15 is 0 Å². The summed E-state index contributed by atoms with van der Waals surface area (Å²) in [5.41, 5.74) is 0.462. The fourth-order valence-corrected chi connectivity index (χ4v) is 4.39. The van der Waals surface area contributed by atoms with E-state index in [0.717, 1.165) is 0 Å². The highest BCUT2D eigenvalue weighted by atomic mass is 32.3. The Hall–Kier alpha value is -3.89. The third-order valence-electron chi connectivity index (χ3n) is 5.12. The van der Waals surface area contributed by atoms with Crippen molar-refractivity contribution in [3.63, 3.8) is 0 Å². The highest BCUT2D eigenvalue weighted by molar-refractivity contribution is 7.81. The van der Waals surface area contributed by atoms with Crippen LogP contribution in [0.15, 0.2) is 60.7 Å². The first kappa shape index (κ1) is 20.0. The minimum Gasteiger partial charge on any atom is -0.456 e. The van der Waals surface area contributed by atoms with Crippen molar-refractivity contribution in [1.29, 1.82) is 0 Å². The van der Waals surface area contributed by atoms with Gasteiger partial charge >= 0.3 is 22.3 Å². The Bertz CT molecular complexity index is 1410. The average molecular weight is 454 g/mol. The van der Waals surface area contributed by atoms with Gasteiger partial charge in [0.1, 0.15) is 23.0 Å². The predicted molar refractivity (Wildman–Crippen MR) is 108 cm³/mol. The van der Waals surface area contributed by atoms with Gasteiger partial charge < -0.3 is 18.4 Å². The van der Waals surface area contributed by atoms with Gasteiger partial charge in [-0.15, -0.1) is 0 Å². The Morgan fingerprint density at radius 1 is 0.938 bits per heavy atom. The average Bonchev–Trinajstić information content (AvgIpc) is 3.00. The van der Waals surface area contributed by atoms with Gasteiger partial charge in [0.2, 0.25) is 0 Å². The maximum atomic E-state index is 12.8. The molecule has 0 saturated heterocycles. The summed E-state index contributed by atoms with van der Waals surface area (Å²) in [5.74, 6) is -0.719. The summed E-state index contributed by atoms with van der Waals surface area (Å²) in [4.78, 5) is 24.1. The molecule has 162 valence electrons. The SMILES string of the molecule is CC(=O)Oc1ccc2c(c1)Oc1cc(OS(=O)(=O)O)ccc1C21OC(=O)c2ccccc21. The van der Waals surface area contributed by atoms with Crippen LogP contribution in [-0.4, -0.2) is 24.9 Å². The number of hydrogen-bond donors (Lipinski definition) is 1. The summed E-state index contributed by atoms with van der Waals surface area (Å²) in [5, 5.41) is 0. The molecule has 0 amide bonds. The molecule has 0 radical (unpaired) electrons. The predicted octanol–water partition coefficient (Wildman–Crippen LogP) is 3.36. The minimum atomic E-state index is -4.77. The lowest BCUT2D eigenvalue weighted by atomic mass is 9.77. The number of esters is 2. The zero-order valence-corrected chi connectivity index (χ0v) is 17.2. The first-order valence-corrected chi connectivity index (χ1v) is 10.7. The molecule has 2 aliphatic heterocycles. The van der Waals surface area contributed by atoms with Crippen molar-refractivity contribution in [3.05, 3.63) is 82.9 Å². The van der Waals surface area contributed by atoms with E-state index in [-0.39, 0.29) is 23.0 Å². The molecular formula is C22H14O9S. The molecular weight excluding hydrogens is 440 g/mol. The van der Waals surface area contributed by atoms with Crippen molar-refractivity contribution < 1.29 is 41.0 Å². The molecule has 1 N–H and O–H groups in total. The Balaban J connectivity index is 1.76. The van der Waals surface area contributed by atoms with Gasteiger partial charge in [-0.25, -0.2) is 4.79 Å². The van der Waals surface area contributed by atoms with Crippen molar-refractivity contribution in [1.82, 2.24) is 0 Å². The zero-order chi connectivity index (χ0) is 22.7. The van der Waals surface area contributed by atoms with Gasteiger partial charge in [0.05, 0.1) is 5.56 Å². The summed E-state index contributed by atoms with van der Waals surface area (Å²) < 4.78 is 52.9. The van der Waals surface area contributed by atoms with Crippen molar-refractivity contribution in [2.75, 3.05) is 0 Å². The number of ether oxygens (including phenoxy) is 3. The standard InChI is InChI=1S/C22H14O9S/c1-12(23)28-13-6-8-17-19(10-13)29-20-11-14(31-32(25,26)27)7-9-18(20)22(17)16-5-3-2-4-15(16)21(24)30-22/h2-11H,1H3,(H,25,26,27). The molecule has 5 rings (SSSR count). The molecule has 3 aromatic rings. The second kappa shape index (κ2) is 6.81. The first-order valence-electron chi connectivity index (χ1n) is 9.32. The maximum Gasteiger partial charge on any atom is 0.446 e. The third kappa shape index (κ3) is 3.08. The molecule has 3 aromatic carbocycles. The number of hydrogen-bond acceptors (Lipinski definition) is 8. The van der Waals surface area contributed by atoms with E-state index in [1.807, 2.05) is 0 Å². The van der Waals surface area contributed by atoms with E-state index in [2.05, 4.69) is 4.18 Å². The van der Waals surface area contributed by atoms with Crippen LogP contribution in [0.3, 0.4) is 0 Å². The van der Waals surface area contributed by atoms with Crippen molar-refractivity contribution in [2.45, 2.75) is 12.5 Å². The molecule has 0 aliphatic carbocycles. The fraction of sp³-hybridized carbons (Fsp3) is 0.0909. The Labute approximate surface area is 182 Å². The van der Waals surface area contributed by atoms with Crippen LogP contribution in [0.2, 0.25) is 0 Å². The summed E-state index contributed by atoms with van der Waals surface area (Å²) in [7, 11) is -4.77. The highest BCUT2D eigenvalue weighted by Gasteiger charge is 2.53. The topological polar surface area (TPSA) is 125 Å². The monoisotopic (exact) mass is 454 g/mol. The van der Waals surface area contributed by atoms with Crippen LogP contribution in [0.5, 0.6) is 23.0 Å². The summed E-state index contributed by atoms with van der Waals surface area (Å²) >= 11 is 0. The van der Waals surface area contributed by atoms with E-state index in [1.165, 1.54) is 31.2 Å². The van der Waals surface area contributed by atoms with E-state index in [9.17, 15) is 18.0 Å². The van der Waals surface area contributed by atoms with Crippen LogP contribution < -0.4 is 13.7 Å². The van der Waals surface area contributed by atoms with Crippen molar-refractivity contribution in [3.8, 4) is 23.0 Å². The van der Waals surface area contributed by atoms with E-state index in [4.69, 9.17) is 18.8 Å². The number of fused-ring (bicyclic) bond motifs is 6. The molecule has 32 heavy (non-hydrogen) atoms. The highest BCUT2D eigenvalue weighted by Crippen LogP contribution is 2.57. The van der Waals surface area contributed by atoms with Crippen molar-refractivity contribution >= 4 is 22.3 Å². The Morgan fingerprint density at radius 3 is 2.22 bits per heavy atom. The third-order valence-corrected chi connectivity index (χ3v) is 5.52. The van der Waals surface area contributed by atoms with E-state index in [0.29, 0.717) is 22.3 Å². The summed E-state index contributed by atoms with van der Waals surface area (Å²) in [6.07, 6.45) is 0. The van der Waals surface area contributed by atoms with Gasteiger partial charge in [-0.1, -0.05) is 18.2 Å². The normalized spacial score (nSPS) is 18.1. The molecule has 10 heteroatoms. The molecule has 1 spiro atoms. The van der Waals surface area contributed by atoms with E-state index < -0.39 is 27.9 Å². The first-order chi connectivity index (χ1) is 15.2. The van der Waals surface area contributed by atoms with Crippen molar-refractivity contribution in [2.24, 2.45) is 0 Å². The van der Waals surface area contributed by atoms with Crippen LogP contribution in [0.25, 0.3) is 0 Å². The van der Waals surface area contributed by atoms with Gasteiger partial charge in [0.15, 0.2) is 5.60 Å². The smallest absolute Gasteiger partial charge is 0.446 e. The largest absolute Gasteiger partial charge is 0.456 e. The zero-order valence-electron chi connectivity index (χ0n) is 16.4. The lowest BCUT2D eigenvalue weighted by Gasteiger charge is -2.36. The van der Waals surface area contributed by atoms with E-state index in [1.54, 1.807) is 36.4 Å². The fourth-order valence-electron chi connectivity index (χ4n) is 4.04. The maximum absolute atomic E-state index is 12.8. The van der Waals surface area contributed by atoms with Crippen LogP contribution in [0, 0.1) is 0 Å². The van der Waals surface area contributed by atoms with Gasteiger partial charge in [-0.05, 0) is 30.3 Å². The van der Waals surface area contributed by atoms with Crippen LogP contribution >= 0.6 is 0 Å². The molecule has 0 fully saturated rings. The lowest BCUT2D eigenvalue weighted by molar-refractivity contribution is -0.131. The number of rotatable bonds is 3.